The van der Waals surface area contributed by atoms with E-state index >= 15 is 0 Å². The number of fused-ring (bicyclic) bond motifs is 1. The fraction of sp³-hybridized carbons (Fsp3) is 0.226. The minimum Gasteiger partial charge on any atom is -0.406 e. The average molecular weight is 573 g/mol. The SMILES string of the molecule is O[C@H](CN1c2ccccc2N(Cc2cccc(OC(F)(F)F)c2)CC1c1ccc(-c2ccccc2)cc1)C(F)(F)F. The van der Waals surface area contributed by atoms with Crippen molar-refractivity contribution in [2.45, 2.75) is 31.2 Å². The van der Waals surface area contributed by atoms with Crippen LogP contribution in [0.15, 0.2) is 103 Å². The zero-order chi connectivity index (χ0) is 29.2. The Balaban J connectivity index is 1.51. The molecule has 4 aromatic rings. The zero-order valence-electron chi connectivity index (χ0n) is 21.6. The molecule has 1 unspecified atom stereocenters. The van der Waals surface area contributed by atoms with Gasteiger partial charge >= 0.3 is 12.5 Å². The molecule has 0 saturated heterocycles. The van der Waals surface area contributed by atoms with E-state index in [9.17, 15) is 31.4 Å². The molecule has 1 aliphatic rings. The summed E-state index contributed by atoms with van der Waals surface area (Å²) in [5, 5.41) is 10.1. The summed E-state index contributed by atoms with van der Waals surface area (Å²) in [5.41, 5.74) is 4.25. The van der Waals surface area contributed by atoms with Crippen LogP contribution >= 0.6 is 0 Å². The van der Waals surface area contributed by atoms with Gasteiger partial charge in [-0.1, -0.05) is 78.9 Å². The van der Waals surface area contributed by atoms with Crippen molar-refractivity contribution in [2.24, 2.45) is 0 Å². The second-order valence-corrected chi connectivity index (χ2v) is 9.78. The first-order valence-corrected chi connectivity index (χ1v) is 12.8. The topological polar surface area (TPSA) is 35.9 Å². The molecule has 214 valence electrons. The van der Waals surface area contributed by atoms with Crippen LogP contribution in [0, 0.1) is 0 Å². The largest absolute Gasteiger partial charge is 0.573 e. The van der Waals surface area contributed by atoms with Crippen molar-refractivity contribution in [3.05, 3.63) is 114 Å². The number of hydrogen-bond acceptors (Lipinski definition) is 4. The lowest BCUT2D eigenvalue weighted by atomic mass is 9.96. The van der Waals surface area contributed by atoms with Gasteiger partial charge in [0, 0.05) is 13.1 Å². The van der Waals surface area contributed by atoms with Crippen molar-refractivity contribution in [3.8, 4) is 16.9 Å². The Morgan fingerprint density at radius 1 is 0.756 bits per heavy atom. The summed E-state index contributed by atoms with van der Waals surface area (Å²) >= 11 is 0. The molecular formula is C31H26F6N2O2. The maximum atomic E-state index is 13.5. The molecule has 1 aliphatic heterocycles. The van der Waals surface area contributed by atoms with Gasteiger partial charge in [0.25, 0.3) is 0 Å². The van der Waals surface area contributed by atoms with E-state index in [1.807, 2.05) is 59.5 Å². The van der Waals surface area contributed by atoms with Crippen LogP contribution in [-0.2, 0) is 6.54 Å². The molecule has 10 heteroatoms. The van der Waals surface area contributed by atoms with Gasteiger partial charge in [0.15, 0.2) is 6.10 Å². The number of halogens is 6. The van der Waals surface area contributed by atoms with E-state index in [1.165, 1.54) is 18.2 Å². The van der Waals surface area contributed by atoms with Gasteiger partial charge in [0.1, 0.15) is 5.75 Å². The van der Waals surface area contributed by atoms with Crippen LogP contribution in [0.3, 0.4) is 0 Å². The molecule has 0 spiro atoms. The van der Waals surface area contributed by atoms with Crippen molar-refractivity contribution in [1.82, 2.24) is 0 Å². The molecular weight excluding hydrogens is 546 g/mol. The van der Waals surface area contributed by atoms with Crippen molar-refractivity contribution >= 4 is 11.4 Å². The molecule has 41 heavy (non-hydrogen) atoms. The number of β-amino-alcohol motifs (C(OH)–C–C–N with tert-alkyl or cyclic N) is 1. The highest BCUT2D eigenvalue weighted by Gasteiger charge is 2.42. The van der Waals surface area contributed by atoms with Crippen LogP contribution < -0.4 is 14.5 Å². The normalized spacial score (nSPS) is 16.3. The van der Waals surface area contributed by atoms with Crippen LogP contribution in [0.25, 0.3) is 11.1 Å². The number of aliphatic hydroxyl groups is 1. The third-order valence-electron chi connectivity index (χ3n) is 6.96. The minimum absolute atomic E-state index is 0.181. The highest BCUT2D eigenvalue weighted by atomic mass is 19.4. The Morgan fingerprint density at radius 3 is 2.05 bits per heavy atom. The molecule has 0 saturated carbocycles. The standard InChI is InChI=1S/C31H26F6N2O2/c32-30(33,34)29(40)20-39-27-12-5-4-11-26(27)38(18-21-7-6-10-25(17-21)41-31(35,36)37)19-28(39)24-15-13-23(14-16-24)22-8-2-1-3-9-22/h1-17,28-29,40H,18-20H2/t28?,29-/m1/s1. The van der Waals surface area contributed by atoms with Crippen molar-refractivity contribution in [1.29, 1.82) is 0 Å². The number of ether oxygens (including phenoxy) is 1. The Bertz CT molecular complexity index is 1460. The molecule has 0 radical (unpaired) electrons. The number of nitrogens with zero attached hydrogens (tertiary/aromatic N) is 2. The number of para-hydroxylation sites is 2. The Kier molecular flexibility index (Phi) is 7.86. The van der Waals surface area contributed by atoms with E-state index < -0.39 is 31.2 Å². The van der Waals surface area contributed by atoms with E-state index in [0.29, 0.717) is 16.9 Å². The summed E-state index contributed by atoms with van der Waals surface area (Å²) in [6.07, 6.45) is -12.2. The number of aliphatic hydroxyl groups excluding tert-OH is 1. The molecule has 0 aromatic heterocycles. The summed E-state index contributed by atoms with van der Waals surface area (Å²) in [6.45, 7) is -0.286. The number of rotatable bonds is 7. The third-order valence-corrected chi connectivity index (χ3v) is 6.96. The first-order valence-electron chi connectivity index (χ1n) is 12.8. The van der Waals surface area contributed by atoms with Crippen LogP contribution in [0.5, 0.6) is 5.75 Å². The van der Waals surface area contributed by atoms with Gasteiger partial charge in [-0.15, -0.1) is 13.2 Å². The molecule has 5 rings (SSSR count). The summed E-state index contributed by atoms with van der Waals surface area (Å²) in [5.74, 6) is -0.358. The molecule has 0 bridgehead atoms. The van der Waals surface area contributed by atoms with E-state index in [-0.39, 0.29) is 18.8 Å². The summed E-state index contributed by atoms with van der Waals surface area (Å²) < 4.78 is 82.9. The number of benzene rings is 4. The van der Waals surface area contributed by atoms with E-state index in [1.54, 1.807) is 35.2 Å². The first kappa shape index (κ1) is 28.4. The Labute approximate surface area is 233 Å². The van der Waals surface area contributed by atoms with Crippen LogP contribution in [0.4, 0.5) is 37.7 Å². The average Bonchev–Trinajstić information content (AvgIpc) is 2.93. The predicted octanol–water partition coefficient (Wildman–Crippen LogP) is 7.74. The lowest BCUT2D eigenvalue weighted by Crippen LogP contribution is -2.49. The monoisotopic (exact) mass is 572 g/mol. The summed E-state index contributed by atoms with van der Waals surface area (Å²) in [7, 11) is 0. The molecule has 0 aliphatic carbocycles. The van der Waals surface area contributed by atoms with Gasteiger partial charge in [-0.25, -0.2) is 0 Å². The smallest absolute Gasteiger partial charge is 0.406 e. The molecule has 0 fully saturated rings. The highest BCUT2D eigenvalue weighted by Crippen LogP contribution is 2.43. The van der Waals surface area contributed by atoms with Gasteiger partial charge < -0.3 is 19.6 Å². The second-order valence-electron chi connectivity index (χ2n) is 9.78. The maximum Gasteiger partial charge on any atom is 0.573 e. The molecule has 4 aromatic carbocycles. The Hall–Kier alpha value is -4.18. The molecule has 4 nitrogen and oxygen atoms in total. The fourth-order valence-electron chi connectivity index (χ4n) is 5.09. The lowest BCUT2D eigenvalue weighted by Gasteiger charge is -2.45. The van der Waals surface area contributed by atoms with Crippen molar-refractivity contribution in [2.75, 3.05) is 22.9 Å². The minimum atomic E-state index is -4.84. The number of anilines is 2. The van der Waals surface area contributed by atoms with Gasteiger partial charge in [-0.05, 0) is 46.5 Å². The van der Waals surface area contributed by atoms with Gasteiger partial charge in [0.05, 0.1) is 24.0 Å². The summed E-state index contributed by atoms with van der Waals surface area (Å²) in [4.78, 5) is 3.46. The van der Waals surface area contributed by atoms with Crippen LogP contribution in [0.2, 0.25) is 0 Å². The van der Waals surface area contributed by atoms with E-state index in [0.717, 1.165) is 16.7 Å². The highest BCUT2D eigenvalue weighted by molar-refractivity contribution is 5.75. The number of alkyl halides is 6. The van der Waals surface area contributed by atoms with Gasteiger partial charge in [-0.3, -0.25) is 0 Å². The second kappa shape index (κ2) is 11.4. The van der Waals surface area contributed by atoms with Crippen molar-refractivity contribution in [3.63, 3.8) is 0 Å². The molecule has 1 heterocycles. The maximum absolute atomic E-state index is 13.5. The molecule has 2 atom stereocenters. The van der Waals surface area contributed by atoms with E-state index in [4.69, 9.17) is 0 Å². The number of hydrogen-bond donors (Lipinski definition) is 1. The predicted molar refractivity (Wildman–Crippen MR) is 145 cm³/mol. The fourth-order valence-corrected chi connectivity index (χ4v) is 5.09. The summed E-state index contributed by atoms with van der Waals surface area (Å²) in [6, 6.07) is 29.0. The van der Waals surface area contributed by atoms with E-state index in [2.05, 4.69) is 4.74 Å². The lowest BCUT2D eigenvalue weighted by molar-refractivity contribution is -0.274. The van der Waals surface area contributed by atoms with Crippen LogP contribution in [0.1, 0.15) is 17.2 Å². The van der Waals surface area contributed by atoms with Crippen molar-refractivity contribution < 1.29 is 36.2 Å². The van der Waals surface area contributed by atoms with Crippen LogP contribution in [-0.4, -0.2) is 36.8 Å². The van der Waals surface area contributed by atoms with Gasteiger partial charge in [-0.2, -0.15) is 13.2 Å². The molecule has 0 amide bonds. The zero-order valence-corrected chi connectivity index (χ0v) is 21.6. The quantitative estimate of drug-likeness (QED) is 0.230. The third kappa shape index (κ3) is 6.77. The Morgan fingerprint density at radius 2 is 1.39 bits per heavy atom. The first-order chi connectivity index (χ1) is 19.5. The van der Waals surface area contributed by atoms with Gasteiger partial charge in [0.2, 0.25) is 0 Å². The molecule has 1 N–H and O–H groups in total.